The minimum Gasteiger partial charge on any atom is -0.404 e. The number of nitrogens with zero attached hydrogens (tertiary/aromatic N) is 2. The van der Waals surface area contributed by atoms with Crippen LogP contribution in [0.25, 0.3) is 0 Å². The third-order valence-electron chi connectivity index (χ3n) is 4.34. The maximum absolute atomic E-state index is 13.8. The molecule has 0 aliphatic heterocycles. The van der Waals surface area contributed by atoms with Gasteiger partial charge in [-0.1, -0.05) is 6.07 Å². The minimum absolute atomic E-state index is 0. The summed E-state index contributed by atoms with van der Waals surface area (Å²) in [6.07, 6.45) is -3.70. The fourth-order valence-corrected chi connectivity index (χ4v) is 3.71. The Labute approximate surface area is 183 Å². The van der Waals surface area contributed by atoms with Crippen LogP contribution in [0.3, 0.4) is 0 Å². The van der Waals surface area contributed by atoms with Crippen molar-refractivity contribution < 1.29 is 30.7 Å². The number of alkyl halides is 3. The first kappa shape index (κ1) is 26.9. The molecule has 1 heterocycles. The number of allylic oxidation sites excluding steroid dienone is 1. The van der Waals surface area contributed by atoms with E-state index in [4.69, 9.17) is 5.73 Å². The molecule has 1 aromatic carbocycles. The molecule has 0 saturated carbocycles. The van der Waals surface area contributed by atoms with Gasteiger partial charge in [0.15, 0.2) is 0 Å². The summed E-state index contributed by atoms with van der Waals surface area (Å²) in [6.45, 7) is 3.32. The summed E-state index contributed by atoms with van der Waals surface area (Å²) in [7, 11) is -3.09. The second kappa shape index (κ2) is 10.4. The lowest BCUT2D eigenvalue weighted by atomic mass is 10.0. The first-order valence-electron chi connectivity index (χ1n) is 8.77. The quantitative estimate of drug-likeness (QED) is 0.558. The molecule has 3 N–H and O–H groups in total. The van der Waals surface area contributed by atoms with Crippen LogP contribution in [0.5, 0.6) is 5.75 Å². The molecule has 0 spiro atoms. The zero-order chi connectivity index (χ0) is 22.7. The molecule has 174 valence electrons. The van der Waals surface area contributed by atoms with E-state index in [1.807, 2.05) is 4.72 Å². The Morgan fingerprint density at radius 3 is 2.52 bits per heavy atom. The van der Waals surface area contributed by atoms with Crippen LogP contribution in [0.15, 0.2) is 35.0 Å². The molecule has 13 heteroatoms. The summed E-state index contributed by atoms with van der Waals surface area (Å²) in [5.41, 5.74) is 7.52. The van der Waals surface area contributed by atoms with E-state index in [0.29, 0.717) is 22.5 Å². The second-order valence-electron chi connectivity index (χ2n) is 6.41. The van der Waals surface area contributed by atoms with Gasteiger partial charge in [0.2, 0.25) is 10.0 Å². The van der Waals surface area contributed by atoms with Crippen LogP contribution < -0.4 is 15.2 Å². The highest BCUT2D eigenvalue weighted by Gasteiger charge is 2.34. The summed E-state index contributed by atoms with van der Waals surface area (Å²) in [5, 5.41) is 4.26. The SMILES string of the molecule is CNS(=O)(=O)c1ccc(Cc2c(C)nn(C/C(F)=C/CN)c2C)cc1OC(F)(F)F.Cl. The standard InChI is InChI=1S/C18H22F4N4O3S.ClH/c1-11-15(12(2)26(25-11)10-14(19)6-7-23)8-13-4-5-17(30(27,28)24-3)16(9-13)29-18(20,21)22;/h4-6,9,24H,7-8,10,23H2,1-3H3;1H/b14-6-;. The van der Waals surface area contributed by atoms with Crippen LogP contribution in [0.4, 0.5) is 17.6 Å². The van der Waals surface area contributed by atoms with Crippen LogP contribution in [0.1, 0.15) is 22.5 Å². The molecule has 7 nitrogen and oxygen atoms in total. The molecule has 0 radical (unpaired) electrons. The van der Waals surface area contributed by atoms with Gasteiger partial charge in [-0.05, 0) is 44.7 Å². The maximum atomic E-state index is 13.8. The molecule has 0 bridgehead atoms. The number of aromatic nitrogens is 2. The Balaban J connectivity index is 0.00000480. The third-order valence-corrected chi connectivity index (χ3v) is 5.80. The first-order valence-corrected chi connectivity index (χ1v) is 10.3. The fourth-order valence-electron chi connectivity index (χ4n) is 2.88. The van der Waals surface area contributed by atoms with Crippen molar-refractivity contribution in [3.05, 3.63) is 52.6 Å². The molecular weight excluding hydrogens is 464 g/mol. The Bertz CT molecular complexity index is 1050. The van der Waals surface area contributed by atoms with E-state index in [9.17, 15) is 26.0 Å². The number of halogens is 5. The van der Waals surface area contributed by atoms with Gasteiger partial charge < -0.3 is 10.5 Å². The van der Waals surface area contributed by atoms with E-state index in [1.165, 1.54) is 16.8 Å². The van der Waals surface area contributed by atoms with E-state index in [2.05, 4.69) is 9.84 Å². The monoisotopic (exact) mass is 486 g/mol. The highest BCUT2D eigenvalue weighted by Crippen LogP contribution is 2.32. The van der Waals surface area contributed by atoms with Crippen LogP contribution in [0, 0.1) is 13.8 Å². The average molecular weight is 487 g/mol. The number of benzene rings is 1. The number of hydrogen-bond acceptors (Lipinski definition) is 5. The van der Waals surface area contributed by atoms with Crippen molar-refractivity contribution in [1.82, 2.24) is 14.5 Å². The van der Waals surface area contributed by atoms with Crippen LogP contribution in [-0.4, -0.2) is 38.2 Å². The van der Waals surface area contributed by atoms with Gasteiger partial charge in [0.1, 0.15) is 16.5 Å². The summed E-state index contributed by atoms with van der Waals surface area (Å²) in [5.74, 6) is -1.30. The number of nitrogens with two attached hydrogens (primary N) is 1. The van der Waals surface area contributed by atoms with Crippen molar-refractivity contribution >= 4 is 22.4 Å². The molecule has 0 atom stereocenters. The smallest absolute Gasteiger partial charge is 0.404 e. The van der Waals surface area contributed by atoms with Gasteiger partial charge in [0.25, 0.3) is 0 Å². The molecule has 2 aromatic rings. The highest BCUT2D eigenvalue weighted by molar-refractivity contribution is 7.89. The first-order chi connectivity index (χ1) is 13.9. The van der Waals surface area contributed by atoms with E-state index in [1.54, 1.807) is 13.8 Å². The van der Waals surface area contributed by atoms with Gasteiger partial charge in [0, 0.05) is 24.2 Å². The lowest BCUT2D eigenvalue weighted by Gasteiger charge is -2.15. The van der Waals surface area contributed by atoms with Gasteiger partial charge in [-0.2, -0.15) is 5.10 Å². The third kappa shape index (κ3) is 6.92. The van der Waals surface area contributed by atoms with Gasteiger partial charge in [-0.25, -0.2) is 17.5 Å². The molecular formula is C18H23ClF4N4O3S. The Morgan fingerprint density at radius 1 is 1.32 bits per heavy atom. The second-order valence-corrected chi connectivity index (χ2v) is 8.26. The highest BCUT2D eigenvalue weighted by atomic mass is 35.5. The van der Waals surface area contributed by atoms with Crippen molar-refractivity contribution in [2.24, 2.45) is 5.73 Å². The number of sulfonamides is 1. The molecule has 0 fully saturated rings. The van der Waals surface area contributed by atoms with Crippen molar-refractivity contribution in [2.75, 3.05) is 13.6 Å². The van der Waals surface area contributed by atoms with Crippen molar-refractivity contribution in [3.8, 4) is 5.75 Å². The number of nitrogens with one attached hydrogen (secondary N) is 1. The van der Waals surface area contributed by atoms with Gasteiger partial charge in [-0.15, -0.1) is 25.6 Å². The molecule has 2 rings (SSSR count). The minimum atomic E-state index is -5.07. The largest absolute Gasteiger partial charge is 0.573 e. The normalized spacial score (nSPS) is 12.6. The van der Waals surface area contributed by atoms with Gasteiger partial charge in [-0.3, -0.25) is 4.68 Å². The Hall–Kier alpha value is -2.15. The topological polar surface area (TPSA) is 99.2 Å². The number of aryl methyl sites for hydroxylation is 1. The summed E-state index contributed by atoms with van der Waals surface area (Å²) >= 11 is 0. The molecule has 1 aromatic heterocycles. The molecule has 0 saturated heterocycles. The summed E-state index contributed by atoms with van der Waals surface area (Å²) < 4.78 is 83.5. The summed E-state index contributed by atoms with van der Waals surface area (Å²) in [6, 6.07) is 3.45. The lowest BCUT2D eigenvalue weighted by Crippen LogP contribution is -2.23. The molecule has 0 amide bonds. The number of ether oxygens (including phenoxy) is 1. The van der Waals surface area contributed by atoms with Gasteiger partial charge in [0.05, 0.1) is 12.2 Å². The Kier molecular flexibility index (Phi) is 9.06. The molecule has 0 unspecified atom stereocenters. The van der Waals surface area contributed by atoms with Crippen LogP contribution in [0.2, 0.25) is 0 Å². The molecule has 0 aliphatic carbocycles. The van der Waals surface area contributed by atoms with E-state index in [-0.39, 0.29) is 31.9 Å². The van der Waals surface area contributed by atoms with Crippen LogP contribution >= 0.6 is 12.4 Å². The fraction of sp³-hybridized carbons (Fsp3) is 0.389. The van der Waals surface area contributed by atoms with Gasteiger partial charge >= 0.3 is 6.36 Å². The van der Waals surface area contributed by atoms with Crippen molar-refractivity contribution in [3.63, 3.8) is 0 Å². The maximum Gasteiger partial charge on any atom is 0.573 e. The van der Waals surface area contributed by atoms with E-state index >= 15 is 0 Å². The van der Waals surface area contributed by atoms with Crippen LogP contribution in [-0.2, 0) is 23.0 Å². The number of rotatable bonds is 8. The Morgan fingerprint density at radius 2 is 1.97 bits per heavy atom. The van der Waals surface area contributed by atoms with E-state index < -0.39 is 32.9 Å². The molecule has 0 aliphatic rings. The zero-order valence-electron chi connectivity index (χ0n) is 17.0. The van der Waals surface area contributed by atoms with Crippen molar-refractivity contribution in [1.29, 1.82) is 0 Å². The van der Waals surface area contributed by atoms with Crippen molar-refractivity contribution in [2.45, 2.75) is 38.1 Å². The predicted molar refractivity (Wildman–Crippen MR) is 109 cm³/mol. The molecule has 31 heavy (non-hydrogen) atoms. The zero-order valence-corrected chi connectivity index (χ0v) is 18.6. The number of hydrogen-bond donors (Lipinski definition) is 2. The van der Waals surface area contributed by atoms with E-state index in [0.717, 1.165) is 19.2 Å². The average Bonchev–Trinajstić information content (AvgIpc) is 2.88. The summed E-state index contributed by atoms with van der Waals surface area (Å²) in [4.78, 5) is -0.635. The lowest BCUT2D eigenvalue weighted by molar-refractivity contribution is -0.275. The predicted octanol–water partition coefficient (Wildman–Crippen LogP) is 3.13.